The van der Waals surface area contributed by atoms with Crippen LogP contribution >= 0.6 is 0 Å². The Balaban J connectivity index is 2.22. The molecule has 1 aliphatic rings. The fraction of sp³-hybridized carbons (Fsp3) is 0.600. The van der Waals surface area contributed by atoms with Crippen LogP contribution in [0.2, 0.25) is 0 Å². The maximum atomic E-state index is 5.67. The molecule has 0 bridgehead atoms. The summed E-state index contributed by atoms with van der Waals surface area (Å²) in [6.45, 7) is 5.57. The van der Waals surface area contributed by atoms with Gasteiger partial charge >= 0.3 is 0 Å². The molecule has 1 aliphatic carbocycles. The summed E-state index contributed by atoms with van der Waals surface area (Å²) in [5.74, 6) is 0.524. The minimum Gasteiger partial charge on any atom is -0.379 e. The topological polar surface area (TPSA) is 21.3 Å². The maximum Gasteiger partial charge on any atom is 0.0770 e. The van der Waals surface area contributed by atoms with E-state index in [2.05, 4.69) is 43.4 Å². The molecular formula is C15H23NO. The van der Waals surface area contributed by atoms with E-state index in [1.807, 2.05) is 7.11 Å². The second-order valence-corrected chi connectivity index (χ2v) is 4.95. The molecule has 0 amide bonds. The van der Waals surface area contributed by atoms with Gasteiger partial charge in [-0.15, -0.1) is 0 Å². The Bertz CT molecular complexity index is 364. The molecule has 2 rings (SSSR count). The van der Waals surface area contributed by atoms with Gasteiger partial charge in [-0.25, -0.2) is 0 Å². The average Bonchev–Trinajstić information content (AvgIpc) is 2.37. The quantitative estimate of drug-likeness (QED) is 0.863. The van der Waals surface area contributed by atoms with Gasteiger partial charge in [-0.2, -0.15) is 0 Å². The molecule has 2 nitrogen and oxygen atoms in total. The lowest BCUT2D eigenvalue weighted by atomic mass is 9.78. The molecule has 0 aromatic heterocycles. The van der Waals surface area contributed by atoms with E-state index < -0.39 is 0 Å². The predicted octanol–water partition coefficient (Wildman–Crippen LogP) is 2.73. The predicted molar refractivity (Wildman–Crippen MR) is 71.4 cm³/mol. The SMILES string of the molecule is CCCN[C@H]1[C@@H](OC)Cc2ccccc2[C@@H]1C. The molecule has 0 saturated carbocycles. The zero-order chi connectivity index (χ0) is 12.3. The van der Waals surface area contributed by atoms with E-state index in [-0.39, 0.29) is 0 Å². The lowest BCUT2D eigenvalue weighted by Crippen LogP contribution is -2.48. The molecular weight excluding hydrogens is 210 g/mol. The van der Waals surface area contributed by atoms with Gasteiger partial charge in [0.05, 0.1) is 6.10 Å². The van der Waals surface area contributed by atoms with Gasteiger partial charge < -0.3 is 10.1 Å². The highest BCUT2D eigenvalue weighted by molar-refractivity contribution is 5.35. The number of rotatable bonds is 4. The Morgan fingerprint density at radius 3 is 2.82 bits per heavy atom. The van der Waals surface area contributed by atoms with E-state index >= 15 is 0 Å². The van der Waals surface area contributed by atoms with E-state index in [0.29, 0.717) is 18.1 Å². The highest BCUT2D eigenvalue weighted by Gasteiger charge is 2.33. The Morgan fingerprint density at radius 1 is 1.35 bits per heavy atom. The van der Waals surface area contributed by atoms with Gasteiger partial charge in [0.1, 0.15) is 0 Å². The molecule has 0 heterocycles. The van der Waals surface area contributed by atoms with Crippen molar-refractivity contribution in [2.24, 2.45) is 0 Å². The normalized spacial score (nSPS) is 27.8. The van der Waals surface area contributed by atoms with Gasteiger partial charge in [0.2, 0.25) is 0 Å². The van der Waals surface area contributed by atoms with Crippen LogP contribution in [0, 0.1) is 0 Å². The standard InChI is InChI=1S/C15H23NO/c1-4-9-16-15-11(2)13-8-6-5-7-12(13)10-14(15)17-3/h5-8,11,14-16H,4,9-10H2,1-3H3/t11-,14-,15+/m0/s1. The van der Waals surface area contributed by atoms with Gasteiger partial charge in [-0.1, -0.05) is 38.1 Å². The molecule has 1 aromatic rings. The third-order valence-electron chi connectivity index (χ3n) is 3.84. The summed E-state index contributed by atoms with van der Waals surface area (Å²) < 4.78 is 5.67. The fourth-order valence-corrected chi connectivity index (χ4v) is 2.87. The molecule has 17 heavy (non-hydrogen) atoms. The smallest absolute Gasteiger partial charge is 0.0770 e. The third-order valence-corrected chi connectivity index (χ3v) is 3.84. The van der Waals surface area contributed by atoms with Crippen molar-refractivity contribution in [3.8, 4) is 0 Å². The van der Waals surface area contributed by atoms with Gasteiger partial charge in [0.25, 0.3) is 0 Å². The maximum absolute atomic E-state index is 5.67. The summed E-state index contributed by atoms with van der Waals surface area (Å²) in [5.41, 5.74) is 2.93. The first-order valence-corrected chi connectivity index (χ1v) is 6.62. The number of methoxy groups -OCH3 is 1. The van der Waals surface area contributed by atoms with Crippen LogP contribution in [-0.4, -0.2) is 25.8 Å². The number of nitrogens with one attached hydrogen (secondary N) is 1. The summed E-state index contributed by atoms with van der Waals surface area (Å²) in [5, 5.41) is 3.64. The molecule has 0 fully saturated rings. The number of hydrogen-bond donors (Lipinski definition) is 1. The molecule has 1 N–H and O–H groups in total. The molecule has 94 valence electrons. The Labute approximate surface area is 104 Å². The molecule has 0 spiro atoms. The summed E-state index contributed by atoms with van der Waals surface area (Å²) in [7, 11) is 1.83. The molecule has 0 saturated heterocycles. The highest BCUT2D eigenvalue weighted by Crippen LogP contribution is 2.32. The summed E-state index contributed by atoms with van der Waals surface area (Å²) >= 11 is 0. The monoisotopic (exact) mass is 233 g/mol. The first-order chi connectivity index (χ1) is 8.27. The van der Waals surface area contributed by atoms with Crippen molar-refractivity contribution in [2.45, 2.75) is 44.8 Å². The van der Waals surface area contributed by atoms with Crippen molar-refractivity contribution in [2.75, 3.05) is 13.7 Å². The van der Waals surface area contributed by atoms with Crippen molar-refractivity contribution >= 4 is 0 Å². The van der Waals surface area contributed by atoms with Crippen LogP contribution in [0.1, 0.15) is 37.3 Å². The van der Waals surface area contributed by atoms with E-state index in [1.165, 1.54) is 17.5 Å². The number of hydrogen-bond acceptors (Lipinski definition) is 2. The van der Waals surface area contributed by atoms with E-state index in [9.17, 15) is 0 Å². The van der Waals surface area contributed by atoms with Gasteiger partial charge in [0.15, 0.2) is 0 Å². The van der Waals surface area contributed by atoms with Crippen LogP contribution in [0.25, 0.3) is 0 Å². The number of ether oxygens (including phenoxy) is 1. The highest BCUT2D eigenvalue weighted by atomic mass is 16.5. The lowest BCUT2D eigenvalue weighted by molar-refractivity contribution is 0.0545. The van der Waals surface area contributed by atoms with Crippen LogP contribution in [0.5, 0.6) is 0 Å². The Hall–Kier alpha value is -0.860. The second-order valence-electron chi connectivity index (χ2n) is 4.95. The van der Waals surface area contributed by atoms with Crippen LogP contribution < -0.4 is 5.32 Å². The first kappa shape index (κ1) is 12.6. The van der Waals surface area contributed by atoms with Gasteiger partial charge in [-0.3, -0.25) is 0 Å². The largest absolute Gasteiger partial charge is 0.379 e. The second kappa shape index (κ2) is 5.65. The van der Waals surface area contributed by atoms with Crippen molar-refractivity contribution in [3.63, 3.8) is 0 Å². The van der Waals surface area contributed by atoms with Crippen LogP contribution in [0.4, 0.5) is 0 Å². The first-order valence-electron chi connectivity index (χ1n) is 6.62. The van der Waals surface area contributed by atoms with Crippen LogP contribution in [-0.2, 0) is 11.2 Å². The molecule has 0 unspecified atom stereocenters. The van der Waals surface area contributed by atoms with Crippen molar-refractivity contribution in [3.05, 3.63) is 35.4 Å². The molecule has 3 atom stereocenters. The van der Waals surface area contributed by atoms with Gasteiger partial charge in [-0.05, 0) is 30.0 Å². The molecule has 0 aliphatic heterocycles. The minimum atomic E-state index is 0.298. The minimum absolute atomic E-state index is 0.298. The zero-order valence-corrected chi connectivity index (χ0v) is 11.1. The average molecular weight is 233 g/mol. The van der Waals surface area contributed by atoms with E-state index in [4.69, 9.17) is 4.74 Å². The van der Waals surface area contributed by atoms with Gasteiger partial charge in [0, 0.05) is 19.6 Å². The fourth-order valence-electron chi connectivity index (χ4n) is 2.87. The number of fused-ring (bicyclic) bond motifs is 1. The number of benzene rings is 1. The summed E-state index contributed by atoms with van der Waals surface area (Å²) in [6.07, 6.45) is 2.49. The third kappa shape index (κ3) is 2.53. The van der Waals surface area contributed by atoms with Crippen LogP contribution in [0.3, 0.4) is 0 Å². The van der Waals surface area contributed by atoms with E-state index in [1.54, 1.807) is 0 Å². The Kier molecular flexibility index (Phi) is 4.19. The van der Waals surface area contributed by atoms with Crippen molar-refractivity contribution in [1.82, 2.24) is 5.32 Å². The summed E-state index contributed by atoms with van der Waals surface area (Å²) in [4.78, 5) is 0. The van der Waals surface area contributed by atoms with Crippen LogP contribution in [0.15, 0.2) is 24.3 Å². The lowest BCUT2D eigenvalue weighted by Gasteiger charge is -2.38. The molecule has 1 aromatic carbocycles. The van der Waals surface area contributed by atoms with Crippen molar-refractivity contribution in [1.29, 1.82) is 0 Å². The zero-order valence-electron chi connectivity index (χ0n) is 11.1. The van der Waals surface area contributed by atoms with E-state index in [0.717, 1.165) is 13.0 Å². The van der Waals surface area contributed by atoms with Crippen molar-refractivity contribution < 1.29 is 4.74 Å². The summed E-state index contributed by atoms with van der Waals surface area (Å²) in [6, 6.07) is 9.19. The Morgan fingerprint density at radius 2 is 2.12 bits per heavy atom. The molecule has 2 heteroatoms. The molecule has 0 radical (unpaired) electrons.